The van der Waals surface area contributed by atoms with Crippen LogP contribution in [0.2, 0.25) is 0 Å². The lowest BCUT2D eigenvalue weighted by Gasteiger charge is -2.27. The van der Waals surface area contributed by atoms with Crippen molar-refractivity contribution in [1.29, 1.82) is 0 Å². The Labute approximate surface area is 170 Å². The zero-order valence-corrected chi connectivity index (χ0v) is 16.4. The molecule has 0 spiro atoms. The molecule has 1 aliphatic carbocycles. The molecule has 2 amide bonds. The molecular weight excluding hydrogens is 368 g/mol. The van der Waals surface area contributed by atoms with E-state index in [2.05, 4.69) is 10.6 Å². The van der Waals surface area contributed by atoms with Gasteiger partial charge in [0.15, 0.2) is 0 Å². The van der Waals surface area contributed by atoms with Crippen molar-refractivity contribution in [2.75, 3.05) is 5.32 Å². The Hall–Kier alpha value is -3.15. The first-order valence-electron chi connectivity index (χ1n) is 9.93. The molecule has 0 radical (unpaired) electrons. The number of anilines is 1. The summed E-state index contributed by atoms with van der Waals surface area (Å²) in [7, 11) is 0. The lowest BCUT2D eigenvalue weighted by Crippen LogP contribution is -2.36. The van der Waals surface area contributed by atoms with Crippen LogP contribution in [0.1, 0.15) is 54.6 Å². The first-order valence-corrected chi connectivity index (χ1v) is 9.93. The summed E-state index contributed by atoms with van der Waals surface area (Å²) in [4.78, 5) is 36.2. The highest BCUT2D eigenvalue weighted by Crippen LogP contribution is 2.30. The summed E-state index contributed by atoms with van der Waals surface area (Å²) in [6.45, 7) is 1.88. The molecule has 6 heteroatoms. The van der Waals surface area contributed by atoms with Crippen molar-refractivity contribution in [2.45, 2.75) is 38.6 Å². The molecule has 0 saturated heterocycles. The molecule has 29 heavy (non-hydrogen) atoms. The van der Waals surface area contributed by atoms with Crippen LogP contribution in [0.5, 0.6) is 0 Å². The summed E-state index contributed by atoms with van der Waals surface area (Å²) in [6, 6.07) is 16.1. The number of rotatable bonds is 6. The van der Waals surface area contributed by atoms with E-state index in [1.807, 2.05) is 43.3 Å². The Morgan fingerprint density at radius 2 is 1.72 bits per heavy atom. The maximum Gasteiger partial charge on any atom is 0.306 e. The average molecular weight is 394 g/mol. The molecule has 3 atom stereocenters. The number of hydrogen-bond acceptors (Lipinski definition) is 3. The maximum atomic E-state index is 12.6. The average Bonchev–Trinajstić information content (AvgIpc) is 2.74. The molecule has 0 bridgehead atoms. The summed E-state index contributed by atoms with van der Waals surface area (Å²) in [5, 5.41) is 15.1. The molecule has 0 aliphatic heterocycles. The fourth-order valence-corrected chi connectivity index (χ4v) is 3.75. The number of carbonyl (C=O) groups is 3. The Morgan fingerprint density at radius 1 is 1.00 bits per heavy atom. The number of carboxylic acids is 1. The molecule has 152 valence electrons. The van der Waals surface area contributed by atoms with Gasteiger partial charge in [0.1, 0.15) is 0 Å². The van der Waals surface area contributed by atoms with Crippen molar-refractivity contribution in [1.82, 2.24) is 5.32 Å². The van der Waals surface area contributed by atoms with E-state index >= 15 is 0 Å². The van der Waals surface area contributed by atoms with Crippen LogP contribution in [0, 0.1) is 11.8 Å². The van der Waals surface area contributed by atoms with Gasteiger partial charge in [0.2, 0.25) is 5.91 Å². The molecule has 3 rings (SSSR count). The number of nitrogens with one attached hydrogen (secondary N) is 2. The zero-order chi connectivity index (χ0) is 20.8. The van der Waals surface area contributed by atoms with Crippen molar-refractivity contribution in [3.63, 3.8) is 0 Å². The number of hydrogen-bond donors (Lipinski definition) is 3. The second-order valence-corrected chi connectivity index (χ2v) is 7.57. The predicted octanol–water partition coefficient (Wildman–Crippen LogP) is 4.01. The van der Waals surface area contributed by atoms with Crippen LogP contribution in [0.4, 0.5) is 5.69 Å². The largest absolute Gasteiger partial charge is 0.481 e. The summed E-state index contributed by atoms with van der Waals surface area (Å²) in [5.74, 6) is -1.83. The second-order valence-electron chi connectivity index (χ2n) is 7.57. The standard InChI is InChI=1S/C23H26N2O4/c1-15(24-22(27)18-10-5-11-19(13-18)23(28)29)17-9-6-12-20(14-17)25-21(26)16-7-3-2-4-8-16/h2-4,6-9,12,14-15,18-19H,5,10-11,13H2,1H3,(H,24,27)(H,25,26)(H,28,29). The monoisotopic (exact) mass is 394 g/mol. The van der Waals surface area contributed by atoms with Crippen molar-refractivity contribution >= 4 is 23.5 Å². The lowest BCUT2D eigenvalue weighted by atomic mass is 9.81. The van der Waals surface area contributed by atoms with Crippen LogP contribution in [-0.4, -0.2) is 22.9 Å². The van der Waals surface area contributed by atoms with Gasteiger partial charge in [-0.2, -0.15) is 0 Å². The first-order chi connectivity index (χ1) is 13.9. The maximum absolute atomic E-state index is 12.6. The van der Waals surface area contributed by atoms with Crippen LogP contribution in [-0.2, 0) is 9.59 Å². The Bertz CT molecular complexity index is 881. The molecule has 1 aliphatic rings. The van der Waals surface area contributed by atoms with Gasteiger partial charge >= 0.3 is 5.97 Å². The van der Waals surface area contributed by atoms with Gasteiger partial charge in [0.05, 0.1) is 12.0 Å². The molecule has 2 aromatic carbocycles. The molecule has 0 aromatic heterocycles. The van der Waals surface area contributed by atoms with Gasteiger partial charge in [-0.3, -0.25) is 14.4 Å². The van der Waals surface area contributed by atoms with E-state index in [1.165, 1.54) is 0 Å². The smallest absolute Gasteiger partial charge is 0.306 e. The molecule has 2 aromatic rings. The van der Waals surface area contributed by atoms with Gasteiger partial charge in [-0.1, -0.05) is 36.8 Å². The number of aliphatic carboxylic acids is 1. The topological polar surface area (TPSA) is 95.5 Å². The van der Waals surface area contributed by atoms with Gasteiger partial charge in [-0.05, 0) is 56.0 Å². The van der Waals surface area contributed by atoms with E-state index in [4.69, 9.17) is 0 Å². The highest BCUT2D eigenvalue weighted by Gasteiger charge is 2.31. The molecular formula is C23H26N2O4. The number of benzene rings is 2. The molecule has 0 heterocycles. The van der Waals surface area contributed by atoms with E-state index in [1.54, 1.807) is 18.2 Å². The van der Waals surface area contributed by atoms with Crippen molar-refractivity contribution in [3.05, 3.63) is 65.7 Å². The second kappa shape index (κ2) is 9.37. The molecule has 1 fully saturated rings. The summed E-state index contributed by atoms with van der Waals surface area (Å²) >= 11 is 0. The summed E-state index contributed by atoms with van der Waals surface area (Å²) in [5.41, 5.74) is 2.10. The van der Waals surface area contributed by atoms with Gasteiger partial charge in [-0.25, -0.2) is 0 Å². The summed E-state index contributed by atoms with van der Waals surface area (Å²) in [6.07, 6.45) is 2.50. The van der Waals surface area contributed by atoms with Crippen molar-refractivity contribution in [3.8, 4) is 0 Å². The third kappa shape index (κ3) is 5.44. The van der Waals surface area contributed by atoms with Gasteiger partial charge in [0, 0.05) is 17.2 Å². The Morgan fingerprint density at radius 3 is 2.45 bits per heavy atom. The molecule has 6 nitrogen and oxygen atoms in total. The quantitative estimate of drug-likeness (QED) is 0.690. The van der Waals surface area contributed by atoms with Crippen LogP contribution >= 0.6 is 0 Å². The number of amides is 2. The van der Waals surface area contributed by atoms with Crippen LogP contribution in [0.15, 0.2) is 54.6 Å². The highest BCUT2D eigenvalue weighted by molar-refractivity contribution is 6.04. The summed E-state index contributed by atoms with van der Waals surface area (Å²) < 4.78 is 0. The van der Waals surface area contributed by atoms with E-state index in [0.29, 0.717) is 24.1 Å². The van der Waals surface area contributed by atoms with E-state index in [0.717, 1.165) is 18.4 Å². The fourth-order valence-electron chi connectivity index (χ4n) is 3.75. The molecule has 3 N–H and O–H groups in total. The van der Waals surface area contributed by atoms with Crippen LogP contribution in [0.3, 0.4) is 0 Å². The highest BCUT2D eigenvalue weighted by atomic mass is 16.4. The first kappa shape index (κ1) is 20.6. The minimum absolute atomic E-state index is 0.109. The van der Waals surface area contributed by atoms with Gasteiger partial charge in [-0.15, -0.1) is 0 Å². The predicted molar refractivity (Wildman–Crippen MR) is 110 cm³/mol. The fraction of sp³-hybridized carbons (Fsp3) is 0.348. The molecule has 1 saturated carbocycles. The molecule has 3 unspecified atom stereocenters. The van der Waals surface area contributed by atoms with Crippen molar-refractivity contribution < 1.29 is 19.5 Å². The van der Waals surface area contributed by atoms with E-state index < -0.39 is 11.9 Å². The number of carbonyl (C=O) groups excluding carboxylic acids is 2. The van der Waals surface area contributed by atoms with Crippen molar-refractivity contribution in [2.24, 2.45) is 11.8 Å². The van der Waals surface area contributed by atoms with Crippen LogP contribution in [0.25, 0.3) is 0 Å². The minimum Gasteiger partial charge on any atom is -0.481 e. The third-order valence-corrected chi connectivity index (χ3v) is 5.43. The third-order valence-electron chi connectivity index (χ3n) is 5.43. The Kier molecular flexibility index (Phi) is 6.65. The van der Waals surface area contributed by atoms with Crippen LogP contribution < -0.4 is 10.6 Å². The Balaban J connectivity index is 1.61. The zero-order valence-electron chi connectivity index (χ0n) is 16.4. The normalized spacial score (nSPS) is 19.8. The number of carboxylic acid groups (broad SMARTS) is 1. The van der Waals surface area contributed by atoms with E-state index in [9.17, 15) is 19.5 Å². The SMILES string of the molecule is CC(NC(=O)C1CCCC(C(=O)O)C1)c1cccc(NC(=O)c2ccccc2)c1. The lowest BCUT2D eigenvalue weighted by molar-refractivity contribution is -0.144. The minimum atomic E-state index is -0.822. The van der Waals surface area contributed by atoms with Gasteiger partial charge in [0.25, 0.3) is 5.91 Å². The van der Waals surface area contributed by atoms with Gasteiger partial charge < -0.3 is 15.7 Å². The van der Waals surface area contributed by atoms with E-state index in [-0.39, 0.29) is 23.8 Å².